The summed E-state index contributed by atoms with van der Waals surface area (Å²) in [5.74, 6) is 2.42. The first kappa shape index (κ1) is 13.7. The van der Waals surface area contributed by atoms with Crippen LogP contribution in [0.5, 0.6) is 5.75 Å². The molecule has 0 saturated heterocycles. The molecule has 1 aromatic heterocycles. The van der Waals surface area contributed by atoms with Crippen molar-refractivity contribution < 1.29 is 4.74 Å². The highest BCUT2D eigenvalue weighted by atomic mass is 35.5. The number of aromatic nitrogens is 3. The van der Waals surface area contributed by atoms with Crippen LogP contribution in [0.15, 0.2) is 18.2 Å². The van der Waals surface area contributed by atoms with Crippen LogP contribution in [0, 0.1) is 6.92 Å². The van der Waals surface area contributed by atoms with Crippen molar-refractivity contribution in [3.8, 4) is 17.1 Å². The van der Waals surface area contributed by atoms with Crippen LogP contribution < -0.4 is 10.5 Å². The highest BCUT2D eigenvalue weighted by Gasteiger charge is 2.08. The number of nitrogens with two attached hydrogens (primary N) is 1. The topological polar surface area (TPSA) is 73.9 Å². The monoisotopic (exact) mass is 278 g/mol. The minimum absolute atomic E-state index is 0.279. The number of halogens is 1. The van der Waals surface area contributed by atoms with Gasteiger partial charge in [0.25, 0.3) is 0 Å². The Balaban J connectivity index is 2.41. The Labute approximate surface area is 116 Å². The van der Waals surface area contributed by atoms with Crippen molar-refractivity contribution in [1.82, 2.24) is 15.0 Å². The third kappa shape index (κ3) is 3.19. The molecule has 0 bridgehead atoms. The fraction of sp³-hybridized carbons (Fsp3) is 0.308. The summed E-state index contributed by atoms with van der Waals surface area (Å²) in [6, 6.07) is 5.45. The van der Waals surface area contributed by atoms with Gasteiger partial charge in [0, 0.05) is 5.56 Å². The Morgan fingerprint density at radius 3 is 2.68 bits per heavy atom. The van der Waals surface area contributed by atoms with Crippen molar-refractivity contribution in [3.63, 3.8) is 0 Å². The van der Waals surface area contributed by atoms with Gasteiger partial charge in [0.2, 0.25) is 0 Å². The quantitative estimate of drug-likeness (QED) is 0.929. The lowest BCUT2D eigenvalue weighted by atomic mass is 10.2. The predicted octanol–water partition coefficient (Wildman–Crippen LogP) is 2.36. The van der Waals surface area contributed by atoms with E-state index >= 15 is 0 Å². The van der Waals surface area contributed by atoms with E-state index in [0.717, 1.165) is 5.56 Å². The molecule has 0 fully saturated rings. The Morgan fingerprint density at radius 1 is 1.26 bits per heavy atom. The van der Waals surface area contributed by atoms with Gasteiger partial charge >= 0.3 is 0 Å². The van der Waals surface area contributed by atoms with Gasteiger partial charge in [0.05, 0.1) is 18.2 Å². The molecule has 2 rings (SSSR count). The lowest BCUT2D eigenvalue weighted by Crippen LogP contribution is -2.07. The number of hydrogen-bond donors (Lipinski definition) is 1. The number of rotatable bonds is 4. The summed E-state index contributed by atoms with van der Waals surface area (Å²) in [5.41, 5.74) is 6.37. The number of hydrogen-bond acceptors (Lipinski definition) is 5. The number of benzene rings is 1. The molecule has 19 heavy (non-hydrogen) atoms. The highest BCUT2D eigenvalue weighted by molar-refractivity contribution is 6.32. The largest absolute Gasteiger partial charge is 0.492 e. The fourth-order valence-electron chi connectivity index (χ4n) is 1.67. The van der Waals surface area contributed by atoms with Gasteiger partial charge in [-0.1, -0.05) is 11.6 Å². The second-order valence-corrected chi connectivity index (χ2v) is 4.31. The molecule has 0 aliphatic carbocycles. The molecule has 2 N–H and O–H groups in total. The molecule has 1 aromatic carbocycles. The predicted molar refractivity (Wildman–Crippen MR) is 74.1 cm³/mol. The van der Waals surface area contributed by atoms with Crippen molar-refractivity contribution >= 4 is 11.6 Å². The molecule has 1 heterocycles. The van der Waals surface area contributed by atoms with Crippen LogP contribution in [0.25, 0.3) is 11.4 Å². The maximum absolute atomic E-state index is 6.15. The fourth-order valence-corrected chi connectivity index (χ4v) is 1.91. The zero-order chi connectivity index (χ0) is 13.8. The first-order valence-electron chi connectivity index (χ1n) is 5.98. The maximum Gasteiger partial charge on any atom is 0.163 e. The van der Waals surface area contributed by atoms with Crippen LogP contribution in [-0.4, -0.2) is 21.6 Å². The average Bonchev–Trinajstić information content (AvgIpc) is 2.40. The van der Waals surface area contributed by atoms with Crippen LogP contribution in [0.4, 0.5) is 0 Å². The average molecular weight is 279 g/mol. The summed E-state index contributed by atoms with van der Waals surface area (Å²) in [7, 11) is 0. The van der Waals surface area contributed by atoms with Gasteiger partial charge in [0.15, 0.2) is 5.82 Å². The van der Waals surface area contributed by atoms with Gasteiger partial charge in [-0.2, -0.15) is 0 Å². The van der Waals surface area contributed by atoms with Crippen LogP contribution in [0.1, 0.15) is 18.6 Å². The van der Waals surface area contributed by atoms with Crippen molar-refractivity contribution in [2.75, 3.05) is 6.61 Å². The van der Waals surface area contributed by atoms with E-state index in [1.54, 1.807) is 13.0 Å². The van der Waals surface area contributed by atoms with Crippen molar-refractivity contribution in [3.05, 3.63) is 34.9 Å². The summed E-state index contributed by atoms with van der Waals surface area (Å²) in [5, 5.41) is 0.534. The maximum atomic E-state index is 6.15. The second-order valence-electron chi connectivity index (χ2n) is 3.90. The number of nitrogens with zero attached hydrogens (tertiary/aromatic N) is 3. The summed E-state index contributed by atoms with van der Waals surface area (Å²) < 4.78 is 5.39. The summed E-state index contributed by atoms with van der Waals surface area (Å²) in [6.45, 7) is 4.57. The number of aryl methyl sites for hydroxylation is 1. The zero-order valence-electron chi connectivity index (χ0n) is 10.9. The van der Waals surface area contributed by atoms with Crippen LogP contribution in [-0.2, 0) is 6.54 Å². The summed E-state index contributed by atoms with van der Waals surface area (Å²) in [4.78, 5) is 12.7. The highest BCUT2D eigenvalue weighted by Crippen LogP contribution is 2.29. The van der Waals surface area contributed by atoms with E-state index in [2.05, 4.69) is 15.0 Å². The first-order valence-corrected chi connectivity index (χ1v) is 6.36. The van der Waals surface area contributed by atoms with Crippen molar-refractivity contribution in [1.29, 1.82) is 0 Å². The molecule has 0 radical (unpaired) electrons. The van der Waals surface area contributed by atoms with E-state index in [9.17, 15) is 0 Å². The Kier molecular flexibility index (Phi) is 4.29. The second kappa shape index (κ2) is 5.95. The Hall–Kier alpha value is -1.72. The number of ether oxygens (including phenoxy) is 1. The molecular weight excluding hydrogens is 264 g/mol. The lowest BCUT2D eigenvalue weighted by Gasteiger charge is -2.08. The normalized spacial score (nSPS) is 10.5. The molecule has 0 saturated carbocycles. The van der Waals surface area contributed by atoms with Gasteiger partial charge < -0.3 is 10.5 Å². The molecule has 5 nitrogen and oxygen atoms in total. The Morgan fingerprint density at radius 2 is 2.05 bits per heavy atom. The minimum atomic E-state index is 0.279. The van der Waals surface area contributed by atoms with E-state index in [1.807, 2.05) is 19.1 Å². The van der Waals surface area contributed by atoms with Gasteiger partial charge in [-0.25, -0.2) is 15.0 Å². The SMILES string of the molecule is CCOc1ccc(-c2nc(C)nc(CN)n2)cc1Cl. The third-order valence-corrected chi connectivity index (χ3v) is 2.76. The van der Waals surface area contributed by atoms with Gasteiger partial charge in [-0.3, -0.25) is 0 Å². The molecule has 0 unspecified atom stereocenters. The minimum Gasteiger partial charge on any atom is -0.492 e. The summed E-state index contributed by atoms with van der Waals surface area (Å²) in [6.07, 6.45) is 0. The molecular formula is C13H15ClN4O. The van der Waals surface area contributed by atoms with Gasteiger partial charge in [-0.05, 0) is 32.0 Å². The van der Waals surface area contributed by atoms with Gasteiger partial charge in [0.1, 0.15) is 17.4 Å². The molecule has 0 amide bonds. The molecule has 100 valence electrons. The van der Waals surface area contributed by atoms with Crippen LogP contribution in [0.3, 0.4) is 0 Å². The summed E-state index contributed by atoms with van der Waals surface area (Å²) >= 11 is 6.15. The molecule has 6 heteroatoms. The third-order valence-electron chi connectivity index (χ3n) is 2.47. The first-order chi connectivity index (χ1) is 9.13. The standard InChI is InChI=1S/C13H15ClN4O/c1-3-19-11-5-4-9(6-10(11)14)13-17-8(2)16-12(7-15)18-13/h4-6H,3,7,15H2,1-2H3. The van der Waals surface area contributed by atoms with E-state index in [-0.39, 0.29) is 6.54 Å². The van der Waals surface area contributed by atoms with Crippen molar-refractivity contribution in [2.45, 2.75) is 20.4 Å². The lowest BCUT2D eigenvalue weighted by molar-refractivity contribution is 0.340. The van der Waals surface area contributed by atoms with Crippen LogP contribution >= 0.6 is 11.6 Å². The molecule has 0 aliphatic heterocycles. The van der Waals surface area contributed by atoms with E-state index in [1.165, 1.54) is 0 Å². The zero-order valence-corrected chi connectivity index (χ0v) is 11.6. The van der Waals surface area contributed by atoms with Gasteiger partial charge in [-0.15, -0.1) is 0 Å². The molecule has 0 aliphatic rings. The van der Waals surface area contributed by atoms with Crippen LogP contribution in [0.2, 0.25) is 5.02 Å². The van der Waals surface area contributed by atoms with Crippen molar-refractivity contribution in [2.24, 2.45) is 5.73 Å². The smallest absolute Gasteiger partial charge is 0.163 e. The van der Waals surface area contributed by atoms with E-state index in [4.69, 9.17) is 22.1 Å². The Bertz CT molecular complexity index is 589. The van der Waals surface area contributed by atoms with E-state index < -0.39 is 0 Å². The molecule has 2 aromatic rings. The van der Waals surface area contributed by atoms with E-state index in [0.29, 0.717) is 34.9 Å². The molecule has 0 atom stereocenters. The molecule has 0 spiro atoms.